The van der Waals surface area contributed by atoms with Crippen molar-refractivity contribution >= 4 is 23.4 Å². The molecular formula is C20H27ClN2O2. The summed E-state index contributed by atoms with van der Waals surface area (Å²) in [6.07, 6.45) is 9.00. The number of nitrogens with one attached hydrogen (secondary N) is 2. The van der Waals surface area contributed by atoms with Gasteiger partial charge < -0.3 is 10.6 Å². The van der Waals surface area contributed by atoms with Gasteiger partial charge in [-0.05, 0) is 49.8 Å². The summed E-state index contributed by atoms with van der Waals surface area (Å²) in [5.74, 6) is -0.184. The first-order valence-corrected chi connectivity index (χ1v) is 9.82. The van der Waals surface area contributed by atoms with Crippen molar-refractivity contribution in [3.63, 3.8) is 0 Å². The summed E-state index contributed by atoms with van der Waals surface area (Å²) in [4.78, 5) is 25.2. The summed E-state index contributed by atoms with van der Waals surface area (Å²) in [6, 6.07) is 7.86. The van der Waals surface area contributed by atoms with Crippen LogP contribution in [0.1, 0.15) is 56.9 Å². The van der Waals surface area contributed by atoms with Gasteiger partial charge in [0, 0.05) is 17.6 Å². The summed E-state index contributed by atoms with van der Waals surface area (Å²) in [6.45, 7) is 0.541. The standard InChI is InChI=1S/C20H27ClN2O2/c21-16-9-7-15(8-10-16)11-14-22-18(24)20(12-13-20)19(25)23-17-5-3-1-2-4-6-17/h7-10,17H,1-6,11-14H2,(H,22,24)(H,23,25). The lowest BCUT2D eigenvalue weighted by atomic mass is 10.0. The monoisotopic (exact) mass is 362 g/mol. The fraction of sp³-hybridized carbons (Fsp3) is 0.600. The van der Waals surface area contributed by atoms with E-state index in [0.717, 1.165) is 24.8 Å². The molecule has 2 fully saturated rings. The lowest BCUT2D eigenvalue weighted by molar-refractivity contribution is -0.137. The minimum absolute atomic E-state index is 0.0663. The predicted molar refractivity (Wildman–Crippen MR) is 99.5 cm³/mol. The normalized spacial score (nSPS) is 19.7. The number of hydrogen-bond donors (Lipinski definition) is 2. The van der Waals surface area contributed by atoms with Gasteiger partial charge in [0.05, 0.1) is 0 Å². The summed E-state index contributed by atoms with van der Waals surface area (Å²) in [7, 11) is 0. The zero-order chi connectivity index (χ0) is 17.7. The minimum atomic E-state index is -0.813. The Morgan fingerprint density at radius 2 is 1.64 bits per heavy atom. The molecule has 25 heavy (non-hydrogen) atoms. The molecule has 0 aliphatic heterocycles. The smallest absolute Gasteiger partial charge is 0.235 e. The fourth-order valence-corrected chi connectivity index (χ4v) is 3.70. The zero-order valence-electron chi connectivity index (χ0n) is 14.7. The molecular weight excluding hydrogens is 336 g/mol. The van der Waals surface area contributed by atoms with E-state index in [1.807, 2.05) is 24.3 Å². The highest BCUT2D eigenvalue weighted by molar-refractivity contribution is 6.30. The number of carbonyl (C=O) groups excluding carboxylic acids is 2. The van der Waals surface area contributed by atoms with Crippen molar-refractivity contribution in [2.24, 2.45) is 5.41 Å². The first-order valence-electron chi connectivity index (χ1n) is 9.44. The van der Waals surface area contributed by atoms with E-state index >= 15 is 0 Å². The Kier molecular flexibility index (Phi) is 6.00. The molecule has 0 spiro atoms. The van der Waals surface area contributed by atoms with E-state index in [1.54, 1.807) is 0 Å². The van der Waals surface area contributed by atoms with E-state index in [9.17, 15) is 9.59 Å². The molecule has 2 N–H and O–H groups in total. The SMILES string of the molecule is O=C(NCCc1ccc(Cl)cc1)C1(C(=O)NC2CCCCCC2)CC1. The van der Waals surface area contributed by atoms with Gasteiger partial charge >= 0.3 is 0 Å². The molecule has 0 radical (unpaired) electrons. The van der Waals surface area contributed by atoms with Gasteiger partial charge in [-0.25, -0.2) is 0 Å². The van der Waals surface area contributed by atoms with E-state index in [4.69, 9.17) is 11.6 Å². The predicted octanol–water partition coefficient (Wildman–Crippen LogP) is 3.62. The van der Waals surface area contributed by atoms with Crippen LogP contribution in [0.2, 0.25) is 5.02 Å². The summed E-state index contributed by atoms with van der Waals surface area (Å²) < 4.78 is 0. The third-order valence-corrected chi connectivity index (χ3v) is 5.67. The van der Waals surface area contributed by atoms with E-state index in [1.165, 1.54) is 25.7 Å². The first-order chi connectivity index (χ1) is 12.1. The molecule has 3 rings (SSSR count). The molecule has 0 atom stereocenters. The maximum Gasteiger partial charge on any atom is 0.235 e. The number of amides is 2. The minimum Gasteiger partial charge on any atom is -0.355 e. The number of halogens is 1. The average Bonchev–Trinajstić information content (AvgIpc) is 3.42. The van der Waals surface area contributed by atoms with Crippen molar-refractivity contribution < 1.29 is 9.59 Å². The zero-order valence-corrected chi connectivity index (χ0v) is 15.4. The van der Waals surface area contributed by atoms with Gasteiger partial charge in [0.25, 0.3) is 0 Å². The molecule has 1 aromatic carbocycles. The van der Waals surface area contributed by atoms with E-state index in [0.29, 0.717) is 24.4 Å². The van der Waals surface area contributed by atoms with E-state index < -0.39 is 5.41 Å². The van der Waals surface area contributed by atoms with Crippen LogP contribution in [0.15, 0.2) is 24.3 Å². The van der Waals surface area contributed by atoms with Crippen molar-refractivity contribution in [2.75, 3.05) is 6.54 Å². The van der Waals surface area contributed by atoms with Gasteiger partial charge in [0.15, 0.2) is 0 Å². The van der Waals surface area contributed by atoms with Gasteiger partial charge in [-0.3, -0.25) is 9.59 Å². The molecule has 0 saturated heterocycles. The van der Waals surface area contributed by atoms with Crippen molar-refractivity contribution in [3.05, 3.63) is 34.9 Å². The van der Waals surface area contributed by atoms with Crippen molar-refractivity contribution in [2.45, 2.75) is 63.8 Å². The largest absolute Gasteiger partial charge is 0.355 e. The summed E-state index contributed by atoms with van der Waals surface area (Å²) in [5.41, 5.74) is 0.309. The van der Waals surface area contributed by atoms with Crippen LogP contribution in [-0.2, 0) is 16.0 Å². The highest BCUT2D eigenvalue weighted by Crippen LogP contribution is 2.46. The second-order valence-corrected chi connectivity index (χ2v) is 7.81. The Hall–Kier alpha value is -1.55. The highest BCUT2D eigenvalue weighted by atomic mass is 35.5. The Morgan fingerprint density at radius 3 is 2.24 bits per heavy atom. The van der Waals surface area contributed by atoms with Gasteiger partial charge in [-0.2, -0.15) is 0 Å². The number of rotatable bonds is 6. The Bertz CT molecular complexity index is 603. The van der Waals surface area contributed by atoms with Crippen LogP contribution < -0.4 is 10.6 Å². The molecule has 0 bridgehead atoms. The molecule has 5 heteroatoms. The molecule has 2 aliphatic rings. The maximum absolute atomic E-state index is 12.6. The average molecular weight is 363 g/mol. The van der Waals surface area contributed by atoms with E-state index in [2.05, 4.69) is 10.6 Å². The van der Waals surface area contributed by atoms with Crippen LogP contribution in [0.25, 0.3) is 0 Å². The third kappa shape index (κ3) is 4.75. The van der Waals surface area contributed by atoms with Crippen molar-refractivity contribution in [3.8, 4) is 0 Å². The molecule has 2 amide bonds. The van der Waals surface area contributed by atoms with Crippen LogP contribution in [0.5, 0.6) is 0 Å². The molecule has 4 nitrogen and oxygen atoms in total. The van der Waals surface area contributed by atoms with Crippen LogP contribution in [0, 0.1) is 5.41 Å². The van der Waals surface area contributed by atoms with Crippen LogP contribution >= 0.6 is 11.6 Å². The van der Waals surface area contributed by atoms with Gasteiger partial charge in [-0.15, -0.1) is 0 Å². The molecule has 0 unspecified atom stereocenters. The van der Waals surface area contributed by atoms with Gasteiger partial charge in [0.1, 0.15) is 5.41 Å². The second kappa shape index (κ2) is 8.22. The molecule has 0 aromatic heterocycles. The maximum atomic E-state index is 12.6. The second-order valence-electron chi connectivity index (χ2n) is 7.38. The van der Waals surface area contributed by atoms with Crippen molar-refractivity contribution in [1.82, 2.24) is 10.6 Å². The van der Waals surface area contributed by atoms with Gasteiger partial charge in [0.2, 0.25) is 11.8 Å². The van der Waals surface area contributed by atoms with Crippen LogP contribution in [0.4, 0.5) is 0 Å². The van der Waals surface area contributed by atoms with Crippen LogP contribution in [-0.4, -0.2) is 24.4 Å². The van der Waals surface area contributed by atoms with Crippen LogP contribution in [0.3, 0.4) is 0 Å². The highest BCUT2D eigenvalue weighted by Gasteiger charge is 2.56. The van der Waals surface area contributed by atoms with E-state index in [-0.39, 0.29) is 17.9 Å². The lowest BCUT2D eigenvalue weighted by Gasteiger charge is -2.21. The Morgan fingerprint density at radius 1 is 1.00 bits per heavy atom. The quantitative estimate of drug-likeness (QED) is 0.599. The fourth-order valence-electron chi connectivity index (χ4n) is 3.57. The third-order valence-electron chi connectivity index (χ3n) is 5.42. The molecule has 2 aliphatic carbocycles. The molecule has 2 saturated carbocycles. The Balaban J connectivity index is 1.47. The molecule has 136 valence electrons. The van der Waals surface area contributed by atoms with Crippen molar-refractivity contribution in [1.29, 1.82) is 0 Å². The first kappa shape index (κ1) is 18.2. The number of hydrogen-bond acceptors (Lipinski definition) is 2. The lowest BCUT2D eigenvalue weighted by Crippen LogP contribution is -2.46. The number of benzene rings is 1. The molecule has 1 aromatic rings. The topological polar surface area (TPSA) is 58.2 Å². The number of carbonyl (C=O) groups is 2. The van der Waals surface area contributed by atoms with Gasteiger partial charge in [-0.1, -0.05) is 49.4 Å². The summed E-state index contributed by atoms with van der Waals surface area (Å²) >= 11 is 5.88. The summed E-state index contributed by atoms with van der Waals surface area (Å²) in [5, 5.41) is 6.80. The Labute approximate surface area is 154 Å². The molecule has 0 heterocycles.